The fourth-order valence-electron chi connectivity index (χ4n) is 3.58. The second-order valence-electron chi connectivity index (χ2n) is 7.07. The number of ether oxygens (including phenoxy) is 1. The van der Waals surface area contributed by atoms with Gasteiger partial charge in [-0.25, -0.2) is 4.98 Å². The number of carbonyl (C=O) groups excluding carboxylic acids is 1. The van der Waals surface area contributed by atoms with Crippen LogP contribution in [0.2, 0.25) is 0 Å². The maximum atomic E-state index is 13.0. The summed E-state index contributed by atoms with van der Waals surface area (Å²) in [4.78, 5) is 38.4. The lowest BCUT2D eigenvalue weighted by Gasteiger charge is -2.25. The average Bonchev–Trinajstić information content (AvgIpc) is 3.22. The van der Waals surface area contributed by atoms with E-state index in [1.165, 1.54) is 18.6 Å². The number of amides is 1. The number of H-pyrrole nitrogens is 1. The number of carbonyl (C=O) groups is 1. The number of aromatic amines is 1. The van der Waals surface area contributed by atoms with Crippen molar-refractivity contribution in [2.75, 3.05) is 13.2 Å². The number of aromatic nitrogens is 3. The van der Waals surface area contributed by atoms with Gasteiger partial charge >= 0.3 is 0 Å². The molecule has 0 saturated carbocycles. The van der Waals surface area contributed by atoms with E-state index in [0.717, 1.165) is 29.3 Å². The summed E-state index contributed by atoms with van der Waals surface area (Å²) in [6.45, 7) is 3.27. The number of nitrogens with zero attached hydrogens (tertiary/aromatic N) is 3. The number of pyridine rings is 1. The van der Waals surface area contributed by atoms with Crippen LogP contribution in [-0.4, -0.2) is 45.0 Å². The smallest absolute Gasteiger partial charge is 0.274 e. The zero-order chi connectivity index (χ0) is 19.5. The largest absolute Gasteiger partial charge is 0.376 e. The van der Waals surface area contributed by atoms with Gasteiger partial charge in [0.25, 0.3) is 11.5 Å². The maximum Gasteiger partial charge on any atom is 0.274 e. The Labute approximate surface area is 162 Å². The van der Waals surface area contributed by atoms with Gasteiger partial charge in [0, 0.05) is 31.1 Å². The molecule has 1 aromatic carbocycles. The number of hydrogen-bond acceptors (Lipinski definition) is 5. The summed E-state index contributed by atoms with van der Waals surface area (Å²) in [5, 5.41) is 0.943. The predicted octanol–water partition coefficient (Wildman–Crippen LogP) is 2.45. The SMILES string of the molecule is Cc1cccc2cc(CN(C[C@H]3CCCO3)C(=O)c3cnccn3)c(=O)[nH]c12. The minimum atomic E-state index is -0.257. The Morgan fingerprint density at radius 3 is 3.00 bits per heavy atom. The average molecular weight is 378 g/mol. The van der Waals surface area contributed by atoms with Crippen molar-refractivity contribution in [2.45, 2.75) is 32.4 Å². The molecule has 0 aliphatic carbocycles. The van der Waals surface area contributed by atoms with Crippen LogP contribution in [0.15, 0.2) is 47.7 Å². The predicted molar refractivity (Wildman–Crippen MR) is 105 cm³/mol. The van der Waals surface area contributed by atoms with E-state index < -0.39 is 0 Å². The minimum absolute atomic E-state index is 0.0256. The van der Waals surface area contributed by atoms with Crippen molar-refractivity contribution < 1.29 is 9.53 Å². The van der Waals surface area contributed by atoms with Crippen molar-refractivity contribution >= 4 is 16.8 Å². The van der Waals surface area contributed by atoms with Gasteiger partial charge < -0.3 is 14.6 Å². The minimum Gasteiger partial charge on any atom is -0.376 e. The maximum absolute atomic E-state index is 13.0. The second kappa shape index (κ2) is 7.90. The highest BCUT2D eigenvalue weighted by Gasteiger charge is 2.25. The van der Waals surface area contributed by atoms with Crippen LogP contribution in [0.1, 0.15) is 34.5 Å². The van der Waals surface area contributed by atoms with Crippen molar-refractivity contribution in [3.8, 4) is 0 Å². The van der Waals surface area contributed by atoms with Crippen molar-refractivity contribution in [3.63, 3.8) is 0 Å². The monoisotopic (exact) mass is 378 g/mol. The van der Waals surface area contributed by atoms with Crippen LogP contribution in [0, 0.1) is 6.92 Å². The quantitative estimate of drug-likeness (QED) is 0.737. The first-order valence-electron chi connectivity index (χ1n) is 9.40. The zero-order valence-corrected chi connectivity index (χ0v) is 15.7. The van der Waals surface area contributed by atoms with Crippen molar-refractivity contribution in [3.05, 3.63) is 70.0 Å². The molecular weight excluding hydrogens is 356 g/mol. The Hall–Kier alpha value is -3.06. The fraction of sp³-hybridized carbons (Fsp3) is 0.333. The summed E-state index contributed by atoms with van der Waals surface area (Å²) < 4.78 is 5.71. The molecule has 7 heteroatoms. The lowest BCUT2D eigenvalue weighted by atomic mass is 10.1. The molecule has 3 heterocycles. The van der Waals surface area contributed by atoms with Gasteiger partial charge in [-0.2, -0.15) is 0 Å². The Kier molecular flexibility index (Phi) is 5.16. The van der Waals surface area contributed by atoms with E-state index in [-0.39, 0.29) is 29.8 Å². The van der Waals surface area contributed by atoms with Gasteiger partial charge in [0.2, 0.25) is 0 Å². The number of fused-ring (bicyclic) bond motifs is 1. The molecule has 1 aliphatic rings. The van der Waals surface area contributed by atoms with Crippen molar-refractivity contribution in [1.82, 2.24) is 19.9 Å². The van der Waals surface area contributed by atoms with E-state index in [1.54, 1.807) is 4.90 Å². The molecule has 1 N–H and O–H groups in total. The third-order valence-electron chi connectivity index (χ3n) is 5.04. The first kappa shape index (κ1) is 18.3. The molecule has 2 aromatic heterocycles. The molecule has 1 saturated heterocycles. The van der Waals surface area contributed by atoms with Gasteiger partial charge in [-0.3, -0.25) is 14.6 Å². The number of aryl methyl sites for hydroxylation is 1. The number of rotatable bonds is 5. The molecule has 144 valence electrons. The standard InChI is InChI=1S/C21H22N4O3/c1-14-4-2-5-15-10-16(20(26)24-19(14)15)12-25(13-17-6-3-9-28-17)21(27)18-11-22-7-8-23-18/h2,4-5,7-8,10-11,17H,3,6,9,12-13H2,1H3,(H,24,26)/t17-/m1/s1. The Bertz CT molecular complexity index is 1040. The zero-order valence-electron chi connectivity index (χ0n) is 15.7. The van der Waals surface area contributed by atoms with Crippen LogP contribution >= 0.6 is 0 Å². The van der Waals surface area contributed by atoms with Crippen molar-refractivity contribution in [1.29, 1.82) is 0 Å². The van der Waals surface area contributed by atoms with Gasteiger partial charge in [-0.05, 0) is 36.8 Å². The third-order valence-corrected chi connectivity index (χ3v) is 5.04. The number of hydrogen-bond donors (Lipinski definition) is 1. The third kappa shape index (κ3) is 3.80. The molecular formula is C21H22N4O3. The van der Waals surface area contributed by atoms with E-state index in [9.17, 15) is 9.59 Å². The Morgan fingerprint density at radius 1 is 1.36 bits per heavy atom. The lowest BCUT2D eigenvalue weighted by Crippen LogP contribution is -2.38. The summed E-state index contributed by atoms with van der Waals surface area (Å²) in [6.07, 6.45) is 6.31. The first-order chi connectivity index (χ1) is 13.6. The van der Waals surface area contributed by atoms with Gasteiger partial charge in [0.15, 0.2) is 0 Å². The molecule has 4 rings (SSSR count). The molecule has 0 radical (unpaired) electrons. The summed E-state index contributed by atoms with van der Waals surface area (Å²) in [5.41, 5.74) is 2.43. The Morgan fingerprint density at radius 2 is 2.25 bits per heavy atom. The summed E-state index contributed by atoms with van der Waals surface area (Å²) >= 11 is 0. The van der Waals surface area contributed by atoms with E-state index in [4.69, 9.17) is 4.74 Å². The molecule has 28 heavy (non-hydrogen) atoms. The molecule has 0 unspecified atom stereocenters. The van der Waals surface area contributed by atoms with Crippen LogP contribution in [-0.2, 0) is 11.3 Å². The van der Waals surface area contributed by atoms with Crippen LogP contribution in [0.25, 0.3) is 10.9 Å². The summed E-state index contributed by atoms with van der Waals surface area (Å²) in [6, 6.07) is 7.72. The van der Waals surface area contributed by atoms with E-state index in [2.05, 4.69) is 15.0 Å². The van der Waals surface area contributed by atoms with Gasteiger partial charge in [0.05, 0.1) is 24.4 Å². The van der Waals surface area contributed by atoms with Crippen LogP contribution < -0.4 is 5.56 Å². The highest BCUT2D eigenvalue weighted by atomic mass is 16.5. The highest BCUT2D eigenvalue weighted by Crippen LogP contribution is 2.18. The van der Waals surface area contributed by atoms with Gasteiger partial charge in [0.1, 0.15) is 5.69 Å². The molecule has 7 nitrogen and oxygen atoms in total. The normalized spacial score (nSPS) is 16.4. The number of nitrogens with one attached hydrogen (secondary N) is 1. The molecule has 3 aromatic rings. The molecule has 1 amide bonds. The van der Waals surface area contributed by atoms with Crippen LogP contribution in [0.5, 0.6) is 0 Å². The van der Waals surface area contributed by atoms with Gasteiger partial charge in [-0.15, -0.1) is 0 Å². The molecule has 1 atom stereocenters. The van der Waals surface area contributed by atoms with Crippen LogP contribution in [0.3, 0.4) is 0 Å². The molecule has 1 fully saturated rings. The van der Waals surface area contributed by atoms with E-state index >= 15 is 0 Å². The fourth-order valence-corrected chi connectivity index (χ4v) is 3.58. The molecule has 0 spiro atoms. The number of benzene rings is 1. The van der Waals surface area contributed by atoms with Crippen LogP contribution in [0.4, 0.5) is 0 Å². The van der Waals surface area contributed by atoms with Gasteiger partial charge in [-0.1, -0.05) is 18.2 Å². The lowest BCUT2D eigenvalue weighted by molar-refractivity contribution is 0.0501. The number of para-hydroxylation sites is 1. The second-order valence-corrected chi connectivity index (χ2v) is 7.07. The first-order valence-corrected chi connectivity index (χ1v) is 9.40. The molecule has 0 bridgehead atoms. The summed E-state index contributed by atoms with van der Waals surface area (Å²) in [7, 11) is 0. The molecule has 1 aliphatic heterocycles. The summed E-state index contributed by atoms with van der Waals surface area (Å²) in [5.74, 6) is -0.257. The van der Waals surface area contributed by atoms with E-state index in [1.807, 2.05) is 31.2 Å². The van der Waals surface area contributed by atoms with Crippen molar-refractivity contribution in [2.24, 2.45) is 0 Å². The highest BCUT2D eigenvalue weighted by molar-refractivity contribution is 5.92. The van der Waals surface area contributed by atoms with E-state index in [0.29, 0.717) is 18.7 Å². The Balaban J connectivity index is 1.67. The topological polar surface area (TPSA) is 88.2 Å².